The average Bonchev–Trinajstić information content (AvgIpc) is 2.76. The van der Waals surface area contributed by atoms with Gasteiger partial charge in [-0.05, 0) is 55.8 Å². The van der Waals surface area contributed by atoms with E-state index in [4.69, 9.17) is 27.9 Å². The van der Waals surface area contributed by atoms with E-state index in [9.17, 15) is 9.59 Å². The monoisotopic (exact) mass is 461 g/mol. The van der Waals surface area contributed by atoms with Crippen molar-refractivity contribution >= 4 is 40.0 Å². The van der Waals surface area contributed by atoms with E-state index in [0.29, 0.717) is 39.1 Å². The van der Waals surface area contributed by atoms with Gasteiger partial charge in [-0.2, -0.15) is 0 Å². The molecule has 1 amide bonds. The maximum atomic E-state index is 13.1. The summed E-state index contributed by atoms with van der Waals surface area (Å²) >= 11 is 11.9. The SMILES string of the molecule is CCCCN(C(=O)COc1ccc(Cl)cc1)C(C)c1nc2ccc(Cl)cc2c(=O)n1C. The number of aromatic nitrogens is 2. The topological polar surface area (TPSA) is 64.4 Å². The molecule has 2 aromatic carbocycles. The third-order valence-corrected chi connectivity index (χ3v) is 5.65. The Labute approximate surface area is 191 Å². The molecule has 0 spiro atoms. The molecule has 0 fully saturated rings. The van der Waals surface area contributed by atoms with E-state index < -0.39 is 6.04 Å². The smallest absolute Gasteiger partial charge is 0.261 e. The molecule has 8 heteroatoms. The van der Waals surface area contributed by atoms with Gasteiger partial charge in [0.1, 0.15) is 11.6 Å². The number of fused-ring (bicyclic) bond motifs is 1. The Hall–Kier alpha value is -2.57. The molecule has 164 valence electrons. The fourth-order valence-electron chi connectivity index (χ4n) is 3.39. The van der Waals surface area contributed by atoms with Gasteiger partial charge < -0.3 is 9.64 Å². The number of unbranched alkanes of at least 4 members (excludes halogenated alkanes) is 1. The molecule has 1 aromatic heterocycles. The zero-order chi connectivity index (χ0) is 22.5. The summed E-state index contributed by atoms with van der Waals surface area (Å²) in [7, 11) is 1.66. The van der Waals surface area contributed by atoms with E-state index in [2.05, 4.69) is 11.9 Å². The number of halogens is 2. The van der Waals surface area contributed by atoms with Crippen LogP contribution in [0.1, 0.15) is 38.6 Å². The highest BCUT2D eigenvalue weighted by molar-refractivity contribution is 6.31. The first-order valence-corrected chi connectivity index (χ1v) is 10.9. The Bertz CT molecular complexity index is 1130. The number of hydrogen-bond acceptors (Lipinski definition) is 4. The maximum Gasteiger partial charge on any atom is 0.261 e. The molecule has 31 heavy (non-hydrogen) atoms. The van der Waals surface area contributed by atoms with E-state index in [1.165, 1.54) is 4.57 Å². The summed E-state index contributed by atoms with van der Waals surface area (Å²) in [6, 6.07) is 11.5. The van der Waals surface area contributed by atoms with Crippen LogP contribution in [0, 0.1) is 0 Å². The van der Waals surface area contributed by atoms with E-state index in [1.54, 1.807) is 54.4 Å². The van der Waals surface area contributed by atoms with E-state index >= 15 is 0 Å². The molecule has 0 aliphatic rings. The van der Waals surface area contributed by atoms with Crippen molar-refractivity contribution in [3.63, 3.8) is 0 Å². The molecular weight excluding hydrogens is 437 g/mol. The fourth-order valence-corrected chi connectivity index (χ4v) is 3.69. The zero-order valence-corrected chi connectivity index (χ0v) is 19.3. The van der Waals surface area contributed by atoms with Gasteiger partial charge in [0.25, 0.3) is 11.5 Å². The molecule has 0 bridgehead atoms. The van der Waals surface area contributed by atoms with Gasteiger partial charge in [0.2, 0.25) is 0 Å². The van der Waals surface area contributed by atoms with Crippen LogP contribution in [0.2, 0.25) is 10.0 Å². The standard InChI is InChI=1S/C23H25Cl2N3O3/c1-4-5-12-28(21(29)14-31-18-9-6-16(24)7-10-18)15(2)22-26-20-11-8-17(25)13-19(20)23(30)27(22)3/h6-11,13,15H,4-5,12,14H2,1-3H3. The number of benzene rings is 2. The number of carbonyl (C=O) groups is 1. The van der Waals surface area contributed by atoms with Gasteiger partial charge in [0.15, 0.2) is 6.61 Å². The normalized spacial score (nSPS) is 12.0. The van der Waals surface area contributed by atoms with Crippen molar-refractivity contribution in [3.8, 4) is 5.75 Å². The van der Waals surface area contributed by atoms with Crippen LogP contribution < -0.4 is 10.3 Å². The number of rotatable bonds is 8. The Kier molecular flexibility index (Phi) is 7.57. The number of ether oxygens (including phenoxy) is 1. The van der Waals surface area contributed by atoms with Crippen LogP contribution >= 0.6 is 23.2 Å². The quantitative estimate of drug-likeness (QED) is 0.472. The molecule has 3 rings (SSSR count). The Morgan fingerprint density at radius 1 is 1.16 bits per heavy atom. The Balaban J connectivity index is 1.88. The summed E-state index contributed by atoms with van der Waals surface area (Å²) in [5, 5.41) is 1.52. The molecule has 3 aromatic rings. The van der Waals surface area contributed by atoms with Gasteiger partial charge >= 0.3 is 0 Å². The van der Waals surface area contributed by atoms with Crippen LogP contribution in [0.15, 0.2) is 47.3 Å². The van der Waals surface area contributed by atoms with Crippen molar-refractivity contribution in [3.05, 3.63) is 68.7 Å². The lowest BCUT2D eigenvalue weighted by Gasteiger charge is -2.30. The van der Waals surface area contributed by atoms with Gasteiger partial charge in [-0.3, -0.25) is 14.2 Å². The van der Waals surface area contributed by atoms with Crippen LogP contribution in [0.25, 0.3) is 10.9 Å². The molecule has 6 nitrogen and oxygen atoms in total. The predicted molar refractivity (Wildman–Crippen MR) is 124 cm³/mol. The zero-order valence-electron chi connectivity index (χ0n) is 17.8. The lowest BCUT2D eigenvalue weighted by atomic mass is 10.2. The second kappa shape index (κ2) is 10.2. The summed E-state index contributed by atoms with van der Waals surface area (Å²) in [6.07, 6.45) is 1.76. The molecule has 0 aliphatic carbocycles. The van der Waals surface area contributed by atoms with E-state index in [-0.39, 0.29) is 18.1 Å². The lowest BCUT2D eigenvalue weighted by Crippen LogP contribution is -2.40. The number of carbonyl (C=O) groups excluding carboxylic acids is 1. The van der Waals surface area contributed by atoms with Crippen molar-refractivity contribution in [2.45, 2.75) is 32.7 Å². The minimum absolute atomic E-state index is 0.118. The summed E-state index contributed by atoms with van der Waals surface area (Å²) in [5.41, 5.74) is 0.351. The second-order valence-corrected chi connectivity index (χ2v) is 8.23. The molecule has 1 heterocycles. The maximum absolute atomic E-state index is 13.1. The van der Waals surface area contributed by atoms with Crippen molar-refractivity contribution in [1.82, 2.24) is 14.5 Å². The summed E-state index contributed by atoms with van der Waals surface area (Å²) in [5.74, 6) is 0.895. The van der Waals surface area contributed by atoms with Crippen molar-refractivity contribution < 1.29 is 9.53 Å². The minimum atomic E-state index is -0.411. The van der Waals surface area contributed by atoms with Gasteiger partial charge in [-0.15, -0.1) is 0 Å². The van der Waals surface area contributed by atoms with Crippen molar-refractivity contribution in [2.75, 3.05) is 13.2 Å². The summed E-state index contributed by atoms with van der Waals surface area (Å²) < 4.78 is 7.14. The molecule has 0 radical (unpaired) electrons. The molecule has 1 unspecified atom stereocenters. The molecule has 0 N–H and O–H groups in total. The lowest BCUT2D eigenvalue weighted by molar-refractivity contribution is -0.135. The van der Waals surface area contributed by atoms with Crippen molar-refractivity contribution in [2.24, 2.45) is 7.05 Å². The highest BCUT2D eigenvalue weighted by Crippen LogP contribution is 2.22. The molecule has 1 atom stereocenters. The highest BCUT2D eigenvalue weighted by atomic mass is 35.5. The molecule has 0 aliphatic heterocycles. The number of hydrogen-bond donors (Lipinski definition) is 0. The number of nitrogens with zero attached hydrogens (tertiary/aromatic N) is 3. The fraction of sp³-hybridized carbons (Fsp3) is 0.348. The van der Waals surface area contributed by atoms with Crippen LogP contribution in [0.5, 0.6) is 5.75 Å². The first kappa shape index (κ1) is 23.1. The first-order valence-electron chi connectivity index (χ1n) is 10.2. The van der Waals surface area contributed by atoms with Gasteiger partial charge in [-0.1, -0.05) is 36.5 Å². The third-order valence-electron chi connectivity index (χ3n) is 5.16. The minimum Gasteiger partial charge on any atom is -0.484 e. The Morgan fingerprint density at radius 2 is 1.84 bits per heavy atom. The molecular formula is C23H25Cl2N3O3. The predicted octanol–water partition coefficient (Wildman–Crippen LogP) is 5.01. The van der Waals surface area contributed by atoms with Crippen LogP contribution in [0.4, 0.5) is 0 Å². The van der Waals surface area contributed by atoms with Crippen LogP contribution in [0.3, 0.4) is 0 Å². The Morgan fingerprint density at radius 3 is 2.52 bits per heavy atom. The van der Waals surface area contributed by atoms with E-state index in [1.807, 2.05) is 6.92 Å². The van der Waals surface area contributed by atoms with Crippen LogP contribution in [-0.4, -0.2) is 33.5 Å². The summed E-state index contributed by atoms with van der Waals surface area (Å²) in [4.78, 5) is 32.3. The van der Waals surface area contributed by atoms with Gasteiger partial charge in [0.05, 0.1) is 16.9 Å². The van der Waals surface area contributed by atoms with Gasteiger partial charge in [-0.25, -0.2) is 4.98 Å². The first-order chi connectivity index (χ1) is 14.8. The molecule has 0 saturated carbocycles. The largest absolute Gasteiger partial charge is 0.484 e. The second-order valence-electron chi connectivity index (χ2n) is 7.35. The third kappa shape index (κ3) is 5.38. The molecule has 0 saturated heterocycles. The number of amides is 1. The average molecular weight is 462 g/mol. The van der Waals surface area contributed by atoms with E-state index in [0.717, 1.165) is 12.8 Å². The highest BCUT2D eigenvalue weighted by Gasteiger charge is 2.25. The summed E-state index contributed by atoms with van der Waals surface area (Å²) in [6.45, 7) is 4.35. The van der Waals surface area contributed by atoms with Gasteiger partial charge in [0, 0.05) is 23.6 Å². The van der Waals surface area contributed by atoms with Crippen LogP contribution in [-0.2, 0) is 11.8 Å². The van der Waals surface area contributed by atoms with Crippen molar-refractivity contribution in [1.29, 1.82) is 0 Å².